The van der Waals surface area contributed by atoms with E-state index in [1.54, 1.807) is 0 Å². The fourth-order valence-corrected chi connectivity index (χ4v) is 0.631. The van der Waals surface area contributed by atoms with Gasteiger partial charge in [0.1, 0.15) is 0 Å². The molecule has 14 heavy (non-hydrogen) atoms. The molecule has 0 heterocycles. The first kappa shape index (κ1) is 15.7. The average molecular weight is 194 g/mol. The van der Waals surface area contributed by atoms with Gasteiger partial charge in [-0.15, -0.1) is 0 Å². The summed E-state index contributed by atoms with van der Waals surface area (Å²) in [7, 11) is 0. The number of hydrogen-bond acceptors (Lipinski definition) is 3. The van der Waals surface area contributed by atoms with E-state index in [1.165, 1.54) is 0 Å². The SMILES string of the molecule is C=C(CC(=O)OCCCC)C(=O)O.[LiH]. The second kappa shape index (κ2) is 8.86. The van der Waals surface area contributed by atoms with Crippen molar-refractivity contribution in [3.63, 3.8) is 0 Å². The van der Waals surface area contributed by atoms with Crippen molar-refractivity contribution in [1.29, 1.82) is 0 Å². The molecule has 0 radical (unpaired) electrons. The fraction of sp³-hybridized carbons (Fsp3) is 0.556. The van der Waals surface area contributed by atoms with Crippen LogP contribution in [0, 0.1) is 0 Å². The number of carbonyl (C=O) groups is 2. The van der Waals surface area contributed by atoms with E-state index in [0.29, 0.717) is 6.61 Å². The van der Waals surface area contributed by atoms with Crippen molar-refractivity contribution in [2.45, 2.75) is 26.2 Å². The molecule has 0 unspecified atom stereocenters. The molecular weight excluding hydrogens is 179 g/mol. The molecule has 0 rings (SSSR count). The summed E-state index contributed by atoms with van der Waals surface area (Å²) < 4.78 is 4.74. The van der Waals surface area contributed by atoms with Crippen LogP contribution in [0.1, 0.15) is 26.2 Å². The summed E-state index contributed by atoms with van der Waals surface area (Å²) >= 11 is 0. The zero-order valence-corrected chi connectivity index (χ0v) is 7.71. The van der Waals surface area contributed by atoms with Crippen LogP contribution >= 0.6 is 0 Å². The summed E-state index contributed by atoms with van der Waals surface area (Å²) in [6.45, 7) is 5.55. The maximum atomic E-state index is 10.9. The molecule has 0 amide bonds. The van der Waals surface area contributed by atoms with Crippen LogP contribution in [-0.2, 0) is 14.3 Å². The van der Waals surface area contributed by atoms with E-state index >= 15 is 0 Å². The maximum absolute atomic E-state index is 10.9. The summed E-state index contributed by atoms with van der Waals surface area (Å²) in [4.78, 5) is 21.1. The molecule has 0 saturated heterocycles. The van der Waals surface area contributed by atoms with Crippen LogP contribution in [0.15, 0.2) is 12.2 Å². The summed E-state index contributed by atoms with van der Waals surface area (Å²) in [5.74, 6) is -1.69. The van der Waals surface area contributed by atoms with E-state index < -0.39 is 11.9 Å². The molecule has 0 saturated carbocycles. The van der Waals surface area contributed by atoms with Crippen LogP contribution in [-0.4, -0.2) is 42.5 Å². The molecule has 0 aromatic carbocycles. The van der Waals surface area contributed by atoms with Crippen LogP contribution < -0.4 is 0 Å². The molecule has 1 N–H and O–H groups in total. The molecule has 0 aliphatic rings. The van der Waals surface area contributed by atoms with Crippen molar-refractivity contribution in [2.75, 3.05) is 6.61 Å². The zero-order valence-electron chi connectivity index (χ0n) is 7.71. The van der Waals surface area contributed by atoms with Crippen molar-refractivity contribution in [1.82, 2.24) is 0 Å². The Balaban J connectivity index is 0. The Kier molecular flexibility index (Phi) is 9.96. The van der Waals surface area contributed by atoms with E-state index in [4.69, 9.17) is 9.84 Å². The first-order valence-corrected chi connectivity index (χ1v) is 4.14. The Bertz CT molecular complexity index is 213. The molecule has 5 heteroatoms. The molecular formula is C9H15LiO4. The van der Waals surface area contributed by atoms with Gasteiger partial charge in [-0.2, -0.15) is 0 Å². The van der Waals surface area contributed by atoms with Crippen molar-refractivity contribution in [3.05, 3.63) is 12.2 Å². The second-order valence-electron chi connectivity index (χ2n) is 2.66. The van der Waals surface area contributed by atoms with E-state index in [1.807, 2.05) is 6.92 Å². The van der Waals surface area contributed by atoms with Crippen LogP contribution in [0.4, 0.5) is 0 Å². The van der Waals surface area contributed by atoms with E-state index in [9.17, 15) is 9.59 Å². The summed E-state index contributed by atoms with van der Waals surface area (Å²) in [5.41, 5.74) is -0.138. The third-order valence-corrected chi connectivity index (χ3v) is 1.42. The van der Waals surface area contributed by atoms with Crippen LogP contribution in [0.3, 0.4) is 0 Å². The molecule has 76 valence electrons. The number of carboxylic acids is 1. The van der Waals surface area contributed by atoms with Gasteiger partial charge in [-0.1, -0.05) is 19.9 Å². The normalized spacial score (nSPS) is 8.64. The number of rotatable bonds is 6. The number of carboxylic acid groups (broad SMARTS) is 1. The summed E-state index contributed by atoms with van der Waals surface area (Å²) in [6, 6.07) is 0. The standard InChI is InChI=1S/C9H14O4.Li.H/c1-3-4-5-13-8(10)6-7(2)9(11)12;;/h2-6H2,1H3,(H,11,12);;. The first-order valence-electron chi connectivity index (χ1n) is 4.14. The van der Waals surface area contributed by atoms with Gasteiger partial charge in [0.15, 0.2) is 0 Å². The van der Waals surface area contributed by atoms with Crippen LogP contribution in [0.5, 0.6) is 0 Å². The summed E-state index contributed by atoms with van der Waals surface area (Å²) in [5, 5.41) is 8.40. The second-order valence-corrected chi connectivity index (χ2v) is 2.66. The number of esters is 1. The van der Waals surface area contributed by atoms with Crippen LogP contribution in [0.25, 0.3) is 0 Å². The predicted octanol–water partition coefficient (Wildman–Crippen LogP) is 0.712. The quantitative estimate of drug-likeness (QED) is 0.293. The minimum absolute atomic E-state index is 0. The van der Waals surface area contributed by atoms with Gasteiger partial charge >= 0.3 is 30.8 Å². The van der Waals surface area contributed by atoms with Gasteiger partial charge in [0.2, 0.25) is 0 Å². The molecule has 0 aliphatic heterocycles. The third kappa shape index (κ3) is 7.90. The zero-order chi connectivity index (χ0) is 10.3. The van der Waals surface area contributed by atoms with Gasteiger partial charge in [0.25, 0.3) is 0 Å². The Labute approximate surface area is 95.5 Å². The van der Waals surface area contributed by atoms with Crippen molar-refractivity contribution in [2.24, 2.45) is 0 Å². The number of unbranched alkanes of at least 4 members (excludes halogenated alkanes) is 1. The minimum atomic E-state index is -1.16. The molecule has 0 bridgehead atoms. The van der Waals surface area contributed by atoms with Gasteiger partial charge in [0.05, 0.1) is 13.0 Å². The summed E-state index contributed by atoms with van der Waals surface area (Å²) in [6.07, 6.45) is 1.50. The molecule has 0 aromatic heterocycles. The van der Waals surface area contributed by atoms with E-state index in [2.05, 4.69) is 6.58 Å². The van der Waals surface area contributed by atoms with Crippen molar-refractivity contribution >= 4 is 30.8 Å². The van der Waals surface area contributed by atoms with Crippen molar-refractivity contribution in [3.8, 4) is 0 Å². The van der Waals surface area contributed by atoms with Gasteiger partial charge in [-0.3, -0.25) is 4.79 Å². The van der Waals surface area contributed by atoms with E-state index in [0.717, 1.165) is 12.8 Å². The van der Waals surface area contributed by atoms with Gasteiger partial charge in [0, 0.05) is 5.57 Å². The van der Waals surface area contributed by atoms with Crippen molar-refractivity contribution < 1.29 is 19.4 Å². The molecule has 0 aliphatic carbocycles. The predicted molar refractivity (Wildman–Crippen MR) is 54.4 cm³/mol. The van der Waals surface area contributed by atoms with Gasteiger partial charge in [-0.05, 0) is 6.42 Å². The molecule has 0 fully saturated rings. The molecule has 0 aromatic rings. The van der Waals surface area contributed by atoms with Gasteiger partial charge in [-0.25, -0.2) is 4.79 Å². The Hall–Kier alpha value is -0.723. The number of hydrogen-bond donors (Lipinski definition) is 1. The Morgan fingerprint density at radius 1 is 1.43 bits per heavy atom. The third-order valence-electron chi connectivity index (χ3n) is 1.42. The Morgan fingerprint density at radius 3 is 2.43 bits per heavy atom. The molecule has 0 spiro atoms. The number of carbonyl (C=O) groups excluding carboxylic acids is 1. The topological polar surface area (TPSA) is 63.6 Å². The first-order chi connectivity index (χ1) is 6.07. The Morgan fingerprint density at radius 2 is 2.00 bits per heavy atom. The number of aliphatic carboxylic acids is 1. The average Bonchev–Trinajstić information content (AvgIpc) is 2.04. The van der Waals surface area contributed by atoms with Crippen LogP contribution in [0.2, 0.25) is 0 Å². The monoisotopic (exact) mass is 194 g/mol. The van der Waals surface area contributed by atoms with E-state index in [-0.39, 0.29) is 30.9 Å². The fourth-order valence-electron chi connectivity index (χ4n) is 0.631. The number of ether oxygens (including phenoxy) is 1. The van der Waals surface area contributed by atoms with Gasteiger partial charge < -0.3 is 9.84 Å². The molecule has 0 atom stereocenters. The molecule has 4 nitrogen and oxygen atoms in total.